The van der Waals surface area contributed by atoms with Gasteiger partial charge in [-0.15, -0.1) is 0 Å². The van der Waals surface area contributed by atoms with Crippen LogP contribution in [0.2, 0.25) is 0 Å². The molecule has 1 aliphatic carbocycles. The van der Waals surface area contributed by atoms with Gasteiger partial charge in [0.05, 0.1) is 6.04 Å². The molecular formula is C16H25N3. The van der Waals surface area contributed by atoms with E-state index >= 15 is 0 Å². The lowest BCUT2D eigenvalue weighted by atomic mass is 10.0. The van der Waals surface area contributed by atoms with E-state index in [9.17, 15) is 0 Å². The predicted octanol–water partition coefficient (Wildman–Crippen LogP) is 3.24. The summed E-state index contributed by atoms with van der Waals surface area (Å²) in [5.41, 5.74) is 6.39. The number of nitrogens with two attached hydrogens (primary N) is 1. The highest BCUT2D eigenvalue weighted by molar-refractivity contribution is 5.99. The third kappa shape index (κ3) is 3.80. The van der Waals surface area contributed by atoms with Crippen molar-refractivity contribution in [1.29, 1.82) is 0 Å². The number of hydrogen-bond donors (Lipinski definition) is 2. The summed E-state index contributed by atoms with van der Waals surface area (Å²) in [6.45, 7) is 4.21. The highest BCUT2D eigenvalue weighted by atomic mass is 15.3. The molecule has 0 spiro atoms. The second-order valence-corrected chi connectivity index (χ2v) is 5.59. The molecule has 1 aliphatic rings. The molecule has 3 nitrogen and oxygen atoms in total. The molecule has 0 amide bonds. The zero-order chi connectivity index (χ0) is 13.7. The van der Waals surface area contributed by atoms with Crippen LogP contribution in [0.4, 0.5) is 0 Å². The van der Waals surface area contributed by atoms with Crippen molar-refractivity contribution in [1.82, 2.24) is 5.43 Å². The van der Waals surface area contributed by atoms with Crippen molar-refractivity contribution >= 4 is 5.84 Å². The fraction of sp³-hybridized carbons (Fsp3) is 0.562. The molecule has 0 saturated heterocycles. The maximum Gasteiger partial charge on any atom is 0.143 e. The van der Waals surface area contributed by atoms with Crippen LogP contribution in [0, 0.1) is 13.8 Å². The van der Waals surface area contributed by atoms with E-state index < -0.39 is 0 Å². The van der Waals surface area contributed by atoms with Crippen LogP contribution >= 0.6 is 0 Å². The Kier molecular flexibility index (Phi) is 4.97. The van der Waals surface area contributed by atoms with Crippen molar-refractivity contribution in [2.45, 2.75) is 58.4 Å². The Hall–Kier alpha value is -1.35. The lowest BCUT2D eigenvalue weighted by Crippen LogP contribution is -2.33. The van der Waals surface area contributed by atoms with Crippen molar-refractivity contribution in [2.75, 3.05) is 0 Å². The summed E-state index contributed by atoms with van der Waals surface area (Å²) in [5.74, 6) is 6.54. The third-order valence-corrected chi connectivity index (χ3v) is 3.92. The molecule has 2 rings (SSSR count). The molecule has 0 aromatic heterocycles. The third-order valence-electron chi connectivity index (χ3n) is 3.92. The van der Waals surface area contributed by atoms with Crippen molar-refractivity contribution in [2.24, 2.45) is 10.8 Å². The average Bonchev–Trinajstić information content (AvgIpc) is 2.67. The van der Waals surface area contributed by atoms with Crippen LogP contribution in [-0.2, 0) is 0 Å². The minimum absolute atomic E-state index is 0.425. The van der Waals surface area contributed by atoms with Gasteiger partial charge in [-0.2, -0.15) is 0 Å². The molecule has 1 aromatic carbocycles. The molecule has 3 N–H and O–H groups in total. The summed E-state index contributed by atoms with van der Waals surface area (Å²) in [6, 6.07) is 6.84. The second kappa shape index (κ2) is 6.71. The Morgan fingerprint density at radius 3 is 2.47 bits per heavy atom. The van der Waals surface area contributed by atoms with Crippen LogP contribution in [-0.4, -0.2) is 11.9 Å². The lowest BCUT2D eigenvalue weighted by molar-refractivity contribution is 0.583. The number of hydrogen-bond acceptors (Lipinski definition) is 2. The molecule has 0 unspecified atom stereocenters. The molecule has 0 aliphatic heterocycles. The number of nitrogens with one attached hydrogen (secondary N) is 1. The topological polar surface area (TPSA) is 50.4 Å². The number of amidine groups is 1. The fourth-order valence-electron chi connectivity index (χ4n) is 2.75. The summed E-state index contributed by atoms with van der Waals surface area (Å²) in [6.07, 6.45) is 7.66. The van der Waals surface area contributed by atoms with Gasteiger partial charge in [0.15, 0.2) is 0 Å². The van der Waals surface area contributed by atoms with Crippen LogP contribution in [0.3, 0.4) is 0 Å². The second-order valence-electron chi connectivity index (χ2n) is 5.59. The highest BCUT2D eigenvalue weighted by Crippen LogP contribution is 2.21. The Balaban J connectivity index is 2.24. The van der Waals surface area contributed by atoms with Gasteiger partial charge in [0, 0.05) is 5.56 Å². The van der Waals surface area contributed by atoms with Crippen molar-refractivity contribution < 1.29 is 0 Å². The largest absolute Gasteiger partial charge is 0.308 e. The van der Waals surface area contributed by atoms with E-state index in [4.69, 9.17) is 10.8 Å². The van der Waals surface area contributed by atoms with Gasteiger partial charge in [0.25, 0.3) is 0 Å². The first-order chi connectivity index (χ1) is 9.20. The lowest BCUT2D eigenvalue weighted by Gasteiger charge is -2.14. The Bertz CT molecular complexity index is 443. The minimum Gasteiger partial charge on any atom is -0.308 e. The Labute approximate surface area is 116 Å². The van der Waals surface area contributed by atoms with E-state index in [1.165, 1.54) is 49.7 Å². The van der Waals surface area contributed by atoms with Gasteiger partial charge < -0.3 is 5.43 Å². The summed E-state index contributed by atoms with van der Waals surface area (Å²) in [4.78, 5) is 4.87. The normalized spacial score (nSPS) is 18.2. The van der Waals surface area contributed by atoms with Gasteiger partial charge in [0.2, 0.25) is 0 Å². The molecule has 1 aromatic rings. The van der Waals surface area contributed by atoms with Crippen molar-refractivity contribution in [3.63, 3.8) is 0 Å². The van der Waals surface area contributed by atoms with Crippen molar-refractivity contribution in [3.05, 3.63) is 34.9 Å². The van der Waals surface area contributed by atoms with Gasteiger partial charge in [-0.25, -0.2) is 5.84 Å². The number of aryl methyl sites for hydroxylation is 2. The molecule has 1 fully saturated rings. The fourth-order valence-corrected chi connectivity index (χ4v) is 2.75. The molecule has 0 bridgehead atoms. The highest BCUT2D eigenvalue weighted by Gasteiger charge is 2.13. The Morgan fingerprint density at radius 1 is 1.16 bits per heavy atom. The standard InChI is InChI=1S/C16H25N3/c1-12-9-10-13(2)15(11-12)16(19-17)18-14-7-5-3-4-6-8-14/h9-11,14H,3-8,17H2,1-2H3,(H,18,19). The van der Waals surface area contributed by atoms with Gasteiger partial charge in [-0.3, -0.25) is 4.99 Å². The number of rotatable bonds is 2. The molecular weight excluding hydrogens is 234 g/mol. The average molecular weight is 259 g/mol. The van der Waals surface area contributed by atoms with Gasteiger partial charge in [-0.05, 0) is 38.3 Å². The van der Waals surface area contributed by atoms with Crippen molar-refractivity contribution in [3.8, 4) is 0 Å². The molecule has 0 heterocycles. The molecule has 3 heteroatoms. The predicted molar refractivity (Wildman–Crippen MR) is 81.3 cm³/mol. The number of aliphatic imine (C=N–C) groups is 1. The van der Waals surface area contributed by atoms with Gasteiger partial charge >= 0.3 is 0 Å². The van der Waals surface area contributed by atoms with E-state index in [1.54, 1.807) is 0 Å². The van der Waals surface area contributed by atoms with E-state index in [0.717, 1.165) is 11.4 Å². The summed E-state index contributed by atoms with van der Waals surface area (Å²) >= 11 is 0. The monoisotopic (exact) mass is 259 g/mol. The van der Waals surface area contributed by atoms with E-state index in [2.05, 4.69) is 37.5 Å². The van der Waals surface area contributed by atoms with E-state index in [1.807, 2.05) is 0 Å². The number of nitrogens with zero attached hydrogens (tertiary/aromatic N) is 1. The minimum atomic E-state index is 0.425. The van der Waals surface area contributed by atoms with Gasteiger partial charge in [-0.1, -0.05) is 43.4 Å². The Morgan fingerprint density at radius 2 is 1.84 bits per heavy atom. The van der Waals surface area contributed by atoms with Crippen LogP contribution < -0.4 is 11.3 Å². The van der Waals surface area contributed by atoms with Crippen LogP contribution in [0.5, 0.6) is 0 Å². The smallest absolute Gasteiger partial charge is 0.143 e. The zero-order valence-electron chi connectivity index (χ0n) is 12.1. The maximum absolute atomic E-state index is 5.70. The summed E-state index contributed by atoms with van der Waals surface area (Å²) < 4.78 is 0. The molecule has 0 radical (unpaired) electrons. The molecule has 19 heavy (non-hydrogen) atoms. The summed E-state index contributed by atoms with van der Waals surface area (Å²) in [7, 11) is 0. The first-order valence-electron chi connectivity index (χ1n) is 7.33. The van der Waals surface area contributed by atoms with Crippen LogP contribution in [0.15, 0.2) is 23.2 Å². The van der Waals surface area contributed by atoms with E-state index in [-0.39, 0.29) is 0 Å². The van der Waals surface area contributed by atoms with Crippen LogP contribution in [0.1, 0.15) is 55.2 Å². The van der Waals surface area contributed by atoms with Crippen LogP contribution in [0.25, 0.3) is 0 Å². The first-order valence-corrected chi connectivity index (χ1v) is 7.33. The van der Waals surface area contributed by atoms with Gasteiger partial charge in [0.1, 0.15) is 5.84 Å². The maximum atomic E-state index is 5.70. The SMILES string of the molecule is Cc1ccc(C)c(C(=NC2CCCCCC2)NN)c1. The number of benzene rings is 1. The summed E-state index contributed by atoms with van der Waals surface area (Å²) in [5, 5.41) is 0. The van der Waals surface area contributed by atoms with E-state index in [0.29, 0.717) is 6.04 Å². The molecule has 0 atom stereocenters. The number of hydrazine groups is 1. The first kappa shape index (κ1) is 14.1. The molecule has 104 valence electrons. The quantitative estimate of drug-likeness (QED) is 0.282. The molecule has 1 saturated carbocycles. The zero-order valence-corrected chi connectivity index (χ0v) is 12.1.